The van der Waals surface area contributed by atoms with Gasteiger partial charge >= 0.3 is 5.97 Å². The van der Waals surface area contributed by atoms with Crippen molar-refractivity contribution in [3.63, 3.8) is 0 Å². The van der Waals surface area contributed by atoms with E-state index >= 15 is 4.39 Å². The molecule has 24 heavy (non-hydrogen) atoms. The van der Waals surface area contributed by atoms with E-state index in [4.69, 9.17) is 16.3 Å². The number of carbonyl (C=O) groups is 1. The van der Waals surface area contributed by atoms with E-state index in [0.717, 1.165) is 4.47 Å². The van der Waals surface area contributed by atoms with Gasteiger partial charge < -0.3 is 14.6 Å². The van der Waals surface area contributed by atoms with E-state index in [0.29, 0.717) is 16.2 Å². The Hall–Kier alpha value is -2.12. The molecule has 8 heteroatoms. The standard InChI is InChI=1S/C16H12BrClFN3O2/c1-22-7-20-12-6-9(16(23)24-2)14(13(19)15(12)22)21-11-4-3-8(17)5-10(11)18/h3-7,21H,1-2H3. The Morgan fingerprint density at radius 3 is 2.83 bits per heavy atom. The Labute approximate surface area is 150 Å². The molecule has 0 saturated heterocycles. The van der Waals surface area contributed by atoms with Crippen LogP contribution in [0.1, 0.15) is 10.4 Å². The minimum absolute atomic E-state index is 0.0119. The van der Waals surface area contributed by atoms with Crippen LogP contribution >= 0.6 is 27.5 Å². The number of aromatic nitrogens is 2. The molecule has 0 spiro atoms. The Morgan fingerprint density at radius 2 is 2.17 bits per heavy atom. The van der Waals surface area contributed by atoms with Gasteiger partial charge in [-0.3, -0.25) is 0 Å². The highest BCUT2D eigenvalue weighted by atomic mass is 79.9. The number of hydrogen-bond acceptors (Lipinski definition) is 4. The number of carbonyl (C=O) groups excluding carboxylic acids is 1. The SMILES string of the molecule is COC(=O)c1cc2ncn(C)c2c(F)c1Nc1ccc(Br)cc1Cl. The maximum absolute atomic E-state index is 15.0. The van der Waals surface area contributed by atoms with Gasteiger partial charge in [0.05, 0.1) is 40.9 Å². The van der Waals surface area contributed by atoms with Crippen LogP contribution in [0.2, 0.25) is 5.02 Å². The molecule has 124 valence electrons. The van der Waals surface area contributed by atoms with Gasteiger partial charge in [-0.25, -0.2) is 14.2 Å². The average Bonchev–Trinajstić information content (AvgIpc) is 2.92. The van der Waals surface area contributed by atoms with Crippen LogP contribution in [-0.2, 0) is 11.8 Å². The summed E-state index contributed by atoms with van der Waals surface area (Å²) in [6.45, 7) is 0. The Morgan fingerprint density at radius 1 is 1.42 bits per heavy atom. The summed E-state index contributed by atoms with van der Waals surface area (Å²) in [5.74, 6) is -1.27. The van der Waals surface area contributed by atoms with Gasteiger partial charge in [0.15, 0.2) is 5.82 Å². The van der Waals surface area contributed by atoms with Crippen molar-refractivity contribution in [1.82, 2.24) is 9.55 Å². The van der Waals surface area contributed by atoms with E-state index in [-0.39, 0.29) is 16.8 Å². The molecule has 0 amide bonds. The summed E-state index contributed by atoms with van der Waals surface area (Å²) in [6, 6.07) is 6.59. The van der Waals surface area contributed by atoms with Gasteiger partial charge in [-0.15, -0.1) is 0 Å². The summed E-state index contributed by atoms with van der Waals surface area (Å²) in [4.78, 5) is 16.2. The number of methoxy groups -OCH3 is 1. The number of anilines is 2. The number of esters is 1. The first-order chi connectivity index (χ1) is 11.4. The smallest absolute Gasteiger partial charge is 0.340 e. The highest BCUT2D eigenvalue weighted by molar-refractivity contribution is 9.10. The van der Waals surface area contributed by atoms with E-state index in [2.05, 4.69) is 26.2 Å². The fourth-order valence-electron chi connectivity index (χ4n) is 2.39. The lowest BCUT2D eigenvalue weighted by atomic mass is 10.1. The Kier molecular flexibility index (Phi) is 4.47. The minimum Gasteiger partial charge on any atom is -0.465 e. The second kappa shape index (κ2) is 6.41. The largest absolute Gasteiger partial charge is 0.465 e. The van der Waals surface area contributed by atoms with Crippen LogP contribution in [-0.4, -0.2) is 22.6 Å². The molecular weight excluding hydrogens is 401 g/mol. The normalized spacial score (nSPS) is 10.9. The van der Waals surface area contributed by atoms with E-state index in [1.165, 1.54) is 19.5 Å². The number of nitrogens with one attached hydrogen (secondary N) is 1. The van der Waals surface area contributed by atoms with Crippen molar-refractivity contribution >= 4 is 55.9 Å². The molecule has 3 aromatic rings. The zero-order valence-corrected chi connectivity index (χ0v) is 15.1. The van der Waals surface area contributed by atoms with Crippen LogP contribution in [0.4, 0.5) is 15.8 Å². The van der Waals surface area contributed by atoms with Crippen molar-refractivity contribution in [2.45, 2.75) is 0 Å². The van der Waals surface area contributed by atoms with Crippen LogP contribution in [0.3, 0.4) is 0 Å². The quantitative estimate of drug-likeness (QED) is 0.636. The molecule has 0 saturated carbocycles. The number of imidazole rings is 1. The number of ether oxygens (including phenoxy) is 1. The number of hydrogen-bond donors (Lipinski definition) is 1. The zero-order chi connectivity index (χ0) is 17.4. The van der Waals surface area contributed by atoms with Crippen molar-refractivity contribution in [2.24, 2.45) is 7.05 Å². The van der Waals surface area contributed by atoms with Gasteiger partial charge in [0, 0.05) is 11.5 Å². The second-order valence-electron chi connectivity index (χ2n) is 5.08. The van der Waals surface area contributed by atoms with Crippen LogP contribution in [0.25, 0.3) is 11.0 Å². The molecule has 3 rings (SSSR count). The fraction of sp³-hybridized carbons (Fsp3) is 0.125. The summed E-state index contributed by atoms with van der Waals surface area (Å²) in [5.41, 5.74) is 1.13. The van der Waals surface area contributed by atoms with Crippen molar-refractivity contribution < 1.29 is 13.9 Å². The molecule has 0 aliphatic heterocycles. The average molecular weight is 413 g/mol. The molecule has 1 heterocycles. The first-order valence-corrected chi connectivity index (χ1v) is 8.03. The topological polar surface area (TPSA) is 56.1 Å². The van der Waals surface area contributed by atoms with Crippen molar-refractivity contribution in [1.29, 1.82) is 0 Å². The summed E-state index contributed by atoms with van der Waals surface area (Å²) < 4.78 is 22.1. The van der Waals surface area contributed by atoms with Crippen molar-refractivity contribution in [2.75, 3.05) is 12.4 Å². The third kappa shape index (κ3) is 2.85. The number of halogens is 3. The van der Waals surface area contributed by atoms with E-state index in [1.807, 2.05) is 0 Å². The molecule has 0 aliphatic carbocycles. The van der Waals surface area contributed by atoms with Crippen LogP contribution < -0.4 is 5.32 Å². The molecule has 0 unspecified atom stereocenters. The lowest BCUT2D eigenvalue weighted by Crippen LogP contribution is -2.09. The summed E-state index contributed by atoms with van der Waals surface area (Å²) in [6.07, 6.45) is 1.48. The number of aryl methyl sites for hydroxylation is 1. The summed E-state index contributed by atoms with van der Waals surface area (Å²) >= 11 is 9.49. The minimum atomic E-state index is -0.669. The van der Waals surface area contributed by atoms with E-state index in [1.54, 1.807) is 29.8 Å². The molecule has 0 fully saturated rings. The second-order valence-corrected chi connectivity index (χ2v) is 6.40. The van der Waals surface area contributed by atoms with Crippen molar-refractivity contribution in [3.8, 4) is 0 Å². The Bertz CT molecular complexity index is 958. The highest BCUT2D eigenvalue weighted by Crippen LogP contribution is 2.34. The van der Waals surface area contributed by atoms with Crippen LogP contribution in [0.15, 0.2) is 35.1 Å². The molecule has 5 nitrogen and oxygen atoms in total. The van der Waals surface area contributed by atoms with Gasteiger partial charge in [0.25, 0.3) is 0 Å². The molecule has 1 aromatic heterocycles. The monoisotopic (exact) mass is 411 g/mol. The predicted octanol–water partition coefficient (Wildman–Crippen LogP) is 4.66. The van der Waals surface area contributed by atoms with Gasteiger partial charge in [-0.2, -0.15) is 0 Å². The lowest BCUT2D eigenvalue weighted by Gasteiger charge is -2.14. The molecule has 1 N–H and O–H groups in total. The van der Waals surface area contributed by atoms with Gasteiger partial charge in [-0.1, -0.05) is 27.5 Å². The molecule has 2 aromatic carbocycles. The molecule has 0 radical (unpaired) electrons. The lowest BCUT2D eigenvalue weighted by molar-refractivity contribution is 0.0601. The first-order valence-electron chi connectivity index (χ1n) is 6.86. The van der Waals surface area contributed by atoms with Gasteiger partial charge in [0.2, 0.25) is 0 Å². The van der Waals surface area contributed by atoms with Crippen LogP contribution in [0.5, 0.6) is 0 Å². The van der Waals surface area contributed by atoms with Crippen LogP contribution in [0, 0.1) is 5.82 Å². The summed E-state index contributed by atoms with van der Waals surface area (Å²) in [7, 11) is 2.91. The highest BCUT2D eigenvalue weighted by Gasteiger charge is 2.22. The maximum Gasteiger partial charge on any atom is 0.340 e. The summed E-state index contributed by atoms with van der Waals surface area (Å²) in [5, 5.41) is 3.27. The predicted molar refractivity (Wildman–Crippen MR) is 94.4 cm³/mol. The molecule has 0 atom stereocenters. The third-order valence-electron chi connectivity index (χ3n) is 3.54. The number of nitrogens with zero attached hydrogens (tertiary/aromatic N) is 2. The van der Waals surface area contributed by atoms with E-state index < -0.39 is 11.8 Å². The van der Waals surface area contributed by atoms with E-state index in [9.17, 15) is 4.79 Å². The van der Waals surface area contributed by atoms with Crippen molar-refractivity contribution in [3.05, 3.63) is 51.5 Å². The Balaban J connectivity index is 2.22. The van der Waals surface area contributed by atoms with Gasteiger partial charge in [-0.05, 0) is 24.3 Å². The fourth-order valence-corrected chi connectivity index (χ4v) is 3.11. The molecular formula is C16H12BrClFN3O2. The third-order valence-corrected chi connectivity index (χ3v) is 4.35. The number of rotatable bonds is 3. The number of fused-ring (bicyclic) bond motifs is 1. The molecule has 0 bridgehead atoms. The first kappa shape index (κ1) is 16.7. The zero-order valence-electron chi connectivity index (χ0n) is 12.7. The maximum atomic E-state index is 15.0. The number of benzene rings is 2. The van der Waals surface area contributed by atoms with Gasteiger partial charge in [0.1, 0.15) is 5.52 Å². The molecule has 0 aliphatic rings.